The molecule has 0 atom stereocenters. The summed E-state index contributed by atoms with van der Waals surface area (Å²) in [5.41, 5.74) is -0.552. The second-order valence-electron chi connectivity index (χ2n) is 6.93. The monoisotopic (exact) mass is 403 g/mol. The molecule has 8 nitrogen and oxygen atoms in total. The number of rotatable bonds is 5. The molecule has 1 N–H and O–H groups in total. The Morgan fingerprint density at radius 3 is 2.35 bits per heavy atom. The number of hydrogen-bond acceptors (Lipinski definition) is 6. The molecule has 0 radical (unpaired) electrons. The third-order valence-electron chi connectivity index (χ3n) is 3.67. The van der Waals surface area contributed by atoms with E-state index in [1.807, 2.05) is 20.8 Å². The number of sulfonamides is 1. The van der Waals surface area contributed by atoms with Crippen LogP contribution in [0.5, 0.6) is 0 Å². The second kappa shape index (κ2) is 8.36. The number of ether oxygens (including phenoxy) is 1. The molecule has 0 spiro atoms. The van der Waals surface area contributed by atoms with Crippen molar-refractivity contribution >= 4 is 33.4 Å². The standard InChI is InChI=1S/C16H25N3O5S2/c1-16(2,3)24-15(21)19-10-8-18(9-11-19)13(20)6-7-17-26(22,23)14-5-4-12-25-14/h4-5,12,17H,6-11H2,1-3H3. The predicted octanol–water partition coefficient (Wildman–Crippen LogP) is 1.50. The average molecular weight is 404 g/mol. The maximum atomic E-state index is 12.2. The molecule has 1 fully saturated rings. The molecule has 0 unspecified atom stereocenters. The molecule has 0 bridgehead atoms. The minimum Gasteiger partial charge on any atom is -0.444 e. The molecule has 10 heteroatoms. The molecule has 26 heavy (non-hydrogen) atoms. The average Bonchev–Trinajstić information content (AvgIpc) is 3.08. The molecule has 2 amide bonds. The van der Waals surface area contributed by atoms with Crippen molar-refractivity contribution in [3.8, 4) is 0 Å². The topological polar surface area (TPSA) is 96.0 Å². The van der Waals surface area contributed by atoms with E-state index in [4.69, 9.17) is 4.74 Å². The van der Waals surface area contributed by atoms with Crippen molar-refractivity contribution in [2.24, 2.45) is 0 Å². The van der Waals surface area contributed by atoms with E-state index in [1.165, 1.54) is 6.07 Å². The second-order valence-corrected chi connectivity index (χ2v) is 9.87. The first-order valence-corrected chi connectivity index (χ1v) is 10.7. The summed E-state index contributed by atoms with van der Waals surface area (Å²) >= 11 is 1.13. The van der Waals surface area contributed by atoms with Gasteiger partial charge in [-0.05, 0) is 32.2 Å². The highest BCUT2D eigenvalue weighted by Crippen LogP contribution is 2.15. The molecule has 0 saturated carbocycles. The quantitative estimate of drug-likeness (QED) is 0.804. The number of thiophene rings is 1. The van der Waals surface area contributed by atoms with Gasteiger partial charge < -0.3 is 14.5 Å². The van der Waals surface area contributed by atoms with E-state index >= 15 is 0 Å². The Balaban J connectivity index is 1.74. The highest BCUT2D eigenvalue weighted by atomic mass is 32.2. The maximum absolute atomic E-state index is 12.2. The Morgan fingerprint density at radius 2 is 1.81 bits per heavy atom. The van der Waals surface area contributed by atoms with Crippen LogP contribution < -0.4 is 4.72 Å². The molecule has 1 aromatic heterocycles. The lowest BCUT2D eigenvalue weighted by molar-refractivity contribution is -0.132. The van der Waals surface area contributed by atoms with E-state index in [-0.39, 0.29) is 29.2 Å². The summed E-state index contributed by atoms with van der Waals surface area (Å²) in [5.74, 6) is -0.136. The smallest absolute Gasteiger partial charge is 0.410 e. The van der Waals surface area contributed by atoms with Gasteiger partial charge in [0.1, 0.15) is 9.81 Å². The van der Waals surface area contributed by atoms with Gasteiger partial charge >= 0.3 is 6.09 Å². The van der Waals surface area contributed by atoms with Crippen molar-refractivity contribution in [3.05, 3.63) is 17.5 Å². The lowest BCUT2D eigenvalue weighted by Gasteiger charge is -2.35. The lowest BCUT2D eigenvalue weighted by atomic mass is 10.2. The van der Waals surface area contributed by atoms with Gasteiger partial charge in [-0.2, -0.15) is 0 Å². The van der Waals surface area contributed by atoms with Crippen LogP contribution in [-0.4, -0.2) is 68.5 Å². The third-order valence-corrected chi connectivity index (χ3v) is 6.53. The highest BCUT2D eigenvalue weighted by Gasteiger charge is 2.27. The molecule has 0 aromatic carbocycles. The van der Waals surface area contributed by atoms with Crippen molar-refractivity contribution in [1.82, 2.24) is 14.5 Å². The van der Waals surface area contributed by atoms with Gasteiger partial charge in [0.05, 0.1) is 0 Å². The highest BCUT2D eigenvalue weighted by molar-refractivity contribution is 7.91. The predicted molar refractivity (Wildman–Crippen MR) is 98.5 cm³/mol. The van der Waals surface area contributed by atoms with Crippen LogP contribution >= 0.6 is 11.3 Å². The minimum atomic E-state index is -3.55. The van der Waals surface area contributed by atoms with Crippen molar-refractivity contribution in [1.29, 1.82) is 0 Å². The van der Waals surface area contributed by atoms with Crippen molar-refractivity contribution in [3.63, 3.8) is 0 Å². The van der Waals surface area contributed by atoms with E-state index in [1.54, 1.807) is 21.2 Å². The summed E-state index contributed by atoms with van der Waals surface area (Å²) < 4.78 is 32.0. The van der Waals surface area contributed by atoms with E-state index in [0.29, 0.717) is 26.2 Å². The van der Waals surface area contributed by atoms with Crippen molar-refractivity contribution in [2.75, 3.05) is 32.7 Å². The molecule has 1 saturated heterocycles. The van der Waals surface area contributed by atoms with Gasteiger partial charge in [0, 0.05) is 39.1 Å². The van der Waals surface area contributed by atoms with Gasteiger partial charge in [-0.3, -0.25) is 4.79 Å². The van der Waals surface area contributed by atoms with E-state index in [2.05, 4.69) is 4.72 Å². The van der Waals surface area contributed by atoms with Crippen molar-refractivity contribution < 1.29 is 22.7 Å². The zero-order valence-electron chi connectivity index (χ0n) is 15.2. The van der Waals surface area contributed by atoms with Crippen molar-refractivity contribution in [2.45, 2.75) is 37.0 Å². The summed E-state index contributed by atoms with van der Waals surface area (Å²) in [6.45, 7) is 7.10. The number of carbonyl (C=O) groups excluding carboxylic acids is 2. The molecular weight excluding hydrogens is 378 g/mol. The Hall–Kier alpha value is -1.65. The summed E-state index contributed by atoms with van der Waals surface area (Å²) in [6.07, 6.45) is -0.301. The van der Waals surface area contributed by atoms with Crippen LogP contribution in [0.1, 0.15) is 27.2 Å². The van der Waals surface area contributed by atoms with Gasteiger partial charge in [-0.1, -0.05) is 6.07 Å². The van der Waals surface area contributed by atoms with Gasteiger partial charge in [0.25, 0.3) is 0 Å². The van der Waals surface area contributed by atoms with Crippen LogP contribution in [0, 0.1) is 0 Å². The third kappa shape index (κ3) is 5.96. The number of hydrogen-bond donors (Lipinski definition) is 1. The first kappa shape index (κ1) is 20.7. The Labute approximate surface area is 158 Å². The Kier molecular flexibility index (Phi) is 6.64. The molecule has 1 aromatic rings. The summed E-state index contributed by atoms with van der Waals surface area (Å²) in [5, 5.41) is 1.68. The molecule has 146 valence electrons. The number of carbonyl (C=O) groups is 2. The Morgan fingerprint density at radius 1 is 1.19 bits per heavy atom. The number of piperazine rings is 1. The fourth-order valence-corrected chi connectivity index (χ4v) is 4.47. The first-order valence-electron chi connectivity index (χ1n) is 8.37. The van der Waals surface area contributed by atoms with Gasteiger partial charge in [-0.25, -0.2) is 17.9 Å². The van der Waals surface area contributed by atoms with E-state index in [9.17, 15) is 18.0 Å². The summed E-state index contributed by atoms with van der Waals surface area (Å²) in [4.78, 5) is 27.5. The number of amides is 2. The molecule has 2 heterocycles. The van der Waals surface area contributed by atoms with E-state index in [0.717, 1.165) is 11.3 Å². The van der Waals surface area contributed by atoms with Crippen LogP contribution in [0.3, 0.4) is 0 Å². The molecular formula is C16H25N3O5S2. The van der Waals surface area contributed by atoms with Gasteiger partial charge in [0.2, 0.25) is 15.9 Å². The summed E-state index contributed by atoms with van der Waals surface area (Å²) in [7, 11) is -3.55. The maximum Gasteiger partial charge on any atom is 0.410 e. The SMILES string of the molecule is CC(C)(C)OC(=O)N1CCN(C(=O)CCNS(=O)(=O)c2cccs2)CC1. The minimum absolute atomic E-state index is 0.0470. The number of nitrogens with one attached hydrogen (secondary N) is 1. The van der Waals surface area contributed by atoms with Crippen LogP contribution in [0.2, 0.25) is 0 Å². The summed E-state index contributed by atoms with van der Waals surface area (Å²) in [6, 6.07) is 3.18. The fourth-order valence-electron chi connectivity index (χ4n) is 2.40. The van der Waals surface area contributed by atoms with Crippen LogP contribution in [-0.2, 0) is 19.6 Å². The normalized spacial score (nSPS) is 15.8. The number of nitrogens with zero attached hydrogens (tertiary/aromatic N) is 2. The van der Waals surface area contributed by atoms with Gasteiger partial charge in [-0.15, -0.1) is 11.3 Å². The first-order chi connectivity index (χ1) is 12.1. The molecule has 1 aliphatic heterocycles. The van der Waals surface area contributed by atoms with Crippen LogP contribution in [0.15, 0.2) is 21.7 Å². The fraction of sp³-hybridized carbons (Fsp3) is 0.625. The van der Waals surface area contributed by atoms with E-state index < -0.39 is 15.6 Å². The van der Waals surface area contributed by atoms with Crippen LogP contribution in [0.4, 0.5) is 4.79 Å². The largest absolute Gasteiger partial charge is 0.444 e. The molecule has 0 aliphatic carbocycles. The Bertz CT molecular complexity index is 718. The van der Waals surface area contributed by atoms with Gasteiger partial charge in [0.15, 0.2) is 0 Å². The zero-order chi connectivity index (χ0) is 19.4. The molecule has 2 rings (SSSR count). The zero-order valence-corrected chi connectivity index (χ0v) is 16.9. The van der Waals surface area contributed by atoms with Crippen LogP contribution in [0.25, 0.3) is 0 Å². The lowest BCUT2D eigenvalue weighted by Crippen LogP contribution is -2.52. The molecule has 1 aliphatic rings.